The average molecular weight is 292 g/mol. The van der Waals surface area contributed by atoms with Crippen molar-refractivity contribution in [2.45, 2.75) is 13.5 Å². The number of aromatic nitrogens is 1. The van der Waals surface area contributed by atoms with Crippen molar-refractivity contribution in [3.8, 4) is 0 Å². The lowest BCUT2D eigenvalue weighted by Gasteiger charge is -2.10. The third-order valence-corrected chi connectivity index (χ3v) is 3.66. The van der Waals surface area contributed by atoms with Crippen LogP contribution in [0.3, 0.4) is 0 Å². The highest BCUT2D eigenvalue weighted by Gasteiger charge is 2.05. The van der Waals surface area contributed by atoms with Crippen molar-refractivity contribution in [3.63, 3.8) is 0 Å². The van der Waals surface area contributed by atoms with Crippen LogP contribution in [0.5, 0.6) is 0 Å². The number of carbonyl (C=O) groups is 1. The van der Waals surface area contributed by atoms with E-state index in [1.54, 1.807) is 12.1 Å². The highest BCUT2D eigenvalue weighted by Crippen LogP contribution is 2.24. The Morgan fingerprint density at radius 1 is 1.09 bits per heavy atom. The molecule has 0 radical (unpaired) electrons. The number of hydrogen-bond donors (Lipinski definition) is 2. The maximum Gasteiger partial charge on any atom is 0.335 e. The number of rotatable bonds is 4. The second-order valence-corrected chi connectivity index (χ2v) is 5.19. The maximum atomic E-state index is 10.8. The van der Waals surface area contributed by atoms with Crippen LogP contribution in [0.2, 0.25) is 0 Å². The van der Waals surface area contributed by atoms with E-state index >= 15 is 0 Å². The van der Waals surface area contributed by atoms with E-state index < -0.39 is 5.97 Å². The van der Waals surface area contributed by atoms with E-state index in [2.05, 4.69) is 16.4 Å². The fourth-order valence-corrected chi connectivity index (χ4v) is 2.43. The smallest absolute Gasteiger partial charge is 0.335 e. The van der Waals surface area contributed by atoms with Crippen LogP contribution in [0.1, 0.15) is 21.5 Å². The Morgan fingerprint density at radius 2 is 1.77 bits per heavy atom. The van der Waals surface area contributed by atoms with Crippen molar-refractivity contribution in [2.24, 2.45) is 0 Å². The Labute approximate surface area is 128 Å². The van der Waals surface area contributed by atoms with Crippen molar-refractivity contribution in [1.82, 2.24) is 4.98 Å². The molecule has 0 atom stereocenters. The molecule has 0 aliphatic carbocycles. The summed E-state index contributed by atoms with van der Waals surface area (Å²) in [6.45, 7) is 2.64. The van der Waals surface area contributed by atoms with Crippen LogP contribution in [0.15, 0.2) is 54.7 Å². The van der Waals surface area contributed by atoms with Crippen LogP contribution >= 0.6 is 0 Å². The van der Waals surface area contributed by atoms with E-state index in [4.69, 9.17) is 5.11 Å². The third-order valence-electron chi connectivity index (χ3n) is 3.66. The fraction of sp³-hybridized carbons (Fsp3) is 0.111. The van der Waals surface area contributed by atoms with Gasteiger partial charge in [0.05, 0.1) is 5.56 Å². The zero-order valence-corrected chi connectivity index (χ0v) is 12.2. The zero-order valence-electron chi connectivity index (χ0n) is 12.2. The molecule has 4 heteroatoms. The Balaban J connectivity index is 1.82. The lowest BCUT2D eigenvalue weighted by Crippen LogP contribution is -2.03. The SMILES string of the molecule is Cc1cnc(NCc2ccc(C(=O)O)cc2)c2ccccc12. The molecule has 1 aromatic heterocycles. The van der Waals surface area contributed by atoms with E-state index in [9.17, 15) is 4.79 Å². The first kappa shape index (κ1) is 14.1. The summed E-state index contributed by atoms with van der Waals surface area (Å²) in [4.78, 5) is 15.3. The van der Waals surface area contributed by atoms with Crippen molar-refractivity contribution < 1.29 is 9.90 Å². The van der Waals surface area contributed by atoms with E-state index in [0.29, 0.717) is 12.1 Å². The van der Waals surface area contributed by atoms with Gasteiger partial charge in [-0.3, -0.25) is 0 Å². The standard InChI is InChI=1S/C18H16N2O2/c1-12-10-19-17(16-5-3-2-4-15(12)16)20-11-13-6-8-14(9-7-13)18(21)22/h2-10H,11H2,1H3,(H,19,20)(H,21,22). The molecule has 0 saturated carbocycles. The quantitative estimate of drug-likeness (QED) is 0.766. The van der Waals surface area contributed by atoms with Crippen molar-refractivity contribution >= 4 is 22.6 Å². The second-order valence-electron chi connectivity index (χ2n) is 5.19. The molecule has 0 aliphatic rings. The number of aromatic carboxylic acids is 1. The van der Waals surface area contributed by atoms with Gasteiger partial charge in [0.2, 0.25) is 0 Å². The predicted molar refractivity (Wildman–Crippen MR) is 87.2 cm³/mol. The zero-order chi connectivity index (χ0) is 15.5. The Morgan fingerprint density at radius 3 is 2.45 bits per heavy atom. The van der Waals surface area contributed by atoms with Gasteiger partial charge in [0.1, 0.15) is 5.82 Å². The van der Waals surface area contributed by atoms with Crippen LogP contribution in [-0.4, -0.2) is 16.1 Å². The third kappa shape index (κ3) is 2.76. The molecule has 2 aromatic carbocycles. The number of benzene rings is 2. The monoisotopic (exact) mass is 292 g/mol. The topological polar surface area (TPSA) is 62.2 Å². The van der Waals surface area contributed by atoms with Gasteiger partial charge in [0, 0.05) is 18.1 Å². The van der Waals surface area contributed by atoms with Gasteiger partial charge in [0.25, 0.3) is 0 Å². The molecule has 0 bridgehead atoms. The average Bonchev–Trinajstić information content (AvgIpc) is 2.55. The normalized spacial score (nSPS) is 10.6. The lowest BCUT2D eigenvalue weighted by atomic mass is 10.1. The second kappa shape index (κ2) is 5.85. The minimum absolute atomic E-state index is 0.294. The summed E-state index contributed by atoms with van der Waals surface area (Å²) in [5.74, 6) is -0.0748. The molecule has 0 unspecified atom stereocenters. The maximum absolute atomic E-state index is 10.8. The molecule has 110 valence electrons. The number of pyridine rings is 1. The summed E-state index contributed by atoms with van der Waals surface area (Å²) in [6, 6.07) is 15.0. The molecule has 22 heavy (non-hydrogen) atoms. The summed E-state index contributed by atoms with van der Waals surface area (Å²) in [5.41, 5.74) is 2.45. The predicted octanol–water partition coefficient (Wildman–Crippen LogP) is 3.85. The fourth-order valence-electron chi connectivity index (χ4n) is 2.43. The highest BCUT2D eigenvalue weighted by atomic mass is 16.4. The van der Waals surface area contributed by atoms with Gasteiger partial charge in [0.15, 0.2) is 0 Å². The first-order valence-corrected chi connectivity index (χ1v) is 7.05. The summed E-state index contributed by atoms with van der Waals surface area (Å²) in [6.07, 6.45) is 1.86. The molecule has 2 N–H and O–H groups in total. The largest absolute Gasteiger partial charge is 0.478 e. The molecule has 0 spiro atoms. The van der Waals surface area contributed by atoms with E-state index in [-0.39, 0.29) is 0 Å². The van der Waals surface area contributed by atoms with Gasteiger partial charge < -0.3 is 10.4 Å². The number of carboxylic acid groups (broad SMARTS) is 1. The van der Waals surface area contributed by atoms with Gasteiger partial charge in [-0.25, -0.2) is 9.78 Å². The molecule has 0 fully saturated rings. The first-order chi connectivity index (χ1) is 10.6. The van der Waals surface area contributed by atoms with Gasteiger partial charge in [-0.15, -0.1) is 0 Å². The Hall–Kier alpha value is -2.88. The molecular weight excluding hydrogens is 276 g/mol. The van der Waals surface area contributed by atoms with Crippen LogP contribution in [-0.2, 0) is 6.54 Å². The summed E-state index contributed by atoms with van der Waals surface area (Å²) < 4.78 is 0. The minimum Gasteiger partial charge on any atom is -0.478 e. The number of anilines is 1. The number of hydrogen-bond acceptors (Lipinski definition) is 3. The van der Waals surface area contributed by atoms with Gasteiger partial charge in [-0.2, -0.15) is 0 Å². The van der Waals surface area contributed by atoms with Gasteiger partial charge in [-0.1, -0.05) is 36.4 Å². The minimum atomic E-state index is -0.911. The number of fused-ring (bicyclic) bond motifs is 1. The molecule has 3 rings (SSSR count). The molecule has 0 saturated heterocycles. The summed E-state index contributed by atoms with van der Waals surface area (Å²) in [5, 5.41) is 14.5. The van der Waals surface area contributed by atoms with Crippen LogP contribution in [0.4, 0.5) is 5.82 Å². The highest BCUT2D eigenvalue weighted by molar-refractivity contribution is 5.93. The Bertz CT molecular complexity index is 826. The van der Waals surface area contributed by atoms with E-state index in [1.165, 1.54) is 5.39 Å². The summed E-state index contributed by atoms with van der Waals surface area (Å²) >= 11 is 0. The molecule has 1 heterocycles. The number of aryl methyl sites for hydroxylation is 1. The van der Waals surface area contributed by atoms with Gasteiger partial charge >= 0.3 is 5.97 Å². The lowest BCUT2D eigenvalue weighted by molar-refractivity contribution is 0.0697. The van der Waals surface area contributed by atoms with E-state index in [0.717, 1.165) is 22.3 Å². The van der Waals surface area contributed by atoms with Crippen LogP contribution in [0, 0.1) is 6.92 Å². The van der Waals surface area contributed by atoms with Gasteiger partial charge in [-0.05, 0) is 35.6 Å². The van der Waals surface area contributed by atoms with Crippen molar-refractivity contribution in [1.29, 1.82) is 0 Å². The molecular formula is C18H16N2O2. The molecule has 3 aromatic rings. The Kier molecular flexibility index (Phi) is 3.74. The first-order valence-electron chi connectivity index (χ1n) is 7.05. The number of nitrogens with zero attached hydrogens (tertiary/aromatic N) is 1. The number of carboxylic acids is 1. The summed E-state index contributed by atoms with van der Waals surface area (Å²) in [7, 11) is 0. The van der Waals surface area contributed by atoms with Crippen LogP contribution < -0.4 is 5.32 Å². The molecule has 4 nitrogen and oxygen atoms in total. The van der Waals surface area contributed by atoms with E-state index in [1.807, 2.05) is 43.5 Å². The molecule has 0 aliphatic heterocycles. The number of nitrogens with one attached hydrogen (secondary N) is 1. The van der Waals surface area contributed by atoms with Crippen LogP contribution in [0.25, 0.3) is 10.8 Å². The van der Waals surface area contributed by atoms with Crippen molar-refractivity contribution in [3.05, 3.63) is 71.4 Å². The van der Waals surface area contributed by atoms with Crippen molar-refractivity contribution in [2.75, 3.05) is 5.32 Å². The molecule has 0 amide bonds.